The first-order chi connectivity index (χ1) is 15.0. The summed E-state index contributed by atoms with van der Waals surface area (Å²) < 4.78 is 21.9. The topological polar surface area (TPSA) is 82.8 Å². The van der Waals surface area contributed by atoms with Gasteiger partial charge in [-0.2, -0.15) is 0 Å². The summed E-state index contributed by atoms with van der Waals surface area (Å²) in [6, 6.07) is 16.5. The fourth-order valence-corrected chi connectivity index (χ4v) is 3.29. The van der Waals surface area contributed by atoms with E-state index in [1.807, 2.05) is 49.4 Å². The van der Waals surface area contributed by atoms with Gasteiger partial charge >= 0.3 is 0 Å². The van der Waals surface area contributed by atoms with Gasteiger partial charge in [-0.05, 0) is 48.9 Å². The molecule has 7 heteroatoms. The van der Waals surface area contributed by atoms with Crippen molar-refractivity contribution in [3.8, 4) is 28.7 Å². The second-order valence-corrected chi connectivity index (χ2v) is 6.88. The Hall–Kier alpha value is -4.00. The van der Waals surface area contributed by atoms with Gasteiger partial charge in [0.05, 0.1) is 21.3 Å². The molecular weight excluding hydrogens is 396 g/mol. The molecule has 1 N–H and O–H groups in total. The highest BCUT2D eigenvalue weighted by molar-refractivity contribution is 6.05. The van der Waals surface area contributed by atoms with Crippen molar-refractivity contribution < 1.29 is 23.4 Å². The largest absolute Gasteiger partial charge is 0.493 e. The van der Waals surface area contributed by atoms with Gasteiger partial charge in [0.15, 0.2) is 17.1 Å². The smallest absolute Gasteiger partial charge is 0.255 e. The Balaban J connectivity index is 1.66. The van der Waals surface area contributed by atoms with Gasteiger partial charge in [-0.15, -0.1) is 0 Å². The Morgan fingerprint density at radius 1 is 0.935 bits per heavy atom. The van der Waals surface area contributed by atoms with Crippen molar-refractivity contribution in [3.05, 3.63) is 65.7 Å². The summed E-state index contributed by atoms with van der Waals surface area (Å²) in [5, 5.41) is 2.95. The lowest BCUT2D eigenvalue weighted by atomic mass is 10.1. The van der Waals surface area contributed by atoms with Gasteiger partial charge in [0.1, 0.15) is 5.52 Å². The maximum atomic E-state index is 13.0. The number of fused-ring (bicyclic) bond motifs is 1. The van der Waals surface area contributed by atoms with E-state index in [1.165, 1.54) is 21.3 Å². The van der Waals surface area contributed by atoms with Gasteiger partial charge in [-0.25, -0.2) is 4.98 Å². The van der Waals surface area contributed by atoms with Crippen LogP contribution in [0.15, 0.2) is 59.0 Å². The van der Waals surface area contributed by atoms with Crippen LogP contribution in [0.2, 0.25) is 0 Å². The number of anilines is 1. The molecule has 1 heterocycles. The molecule has 4 aromatic rings. The van der Waals surface area contributed by atoms with E-state index in [1.54, 1.807) is 12.1 Å². The Bertz CT molecular complexity index is 1200. The Kier molecular flexibility index (Phi) is 5.49. The normalized spacial score (nSPS) is 10.7. The maximum absolute atomic E-state index is 13.0. The van der Waals surface area contributed by atoms with E-state index in [0.717, 1.165) is 16.6 Å². The number of aryl methyl sites for hydroxylation is 1. The first-order valence-electron chi connectivity index (χ1n) is 9.62. The van der Waals surface area contributed by atoms with Crippen molar-refractivity contribution >= 4 is 22.7 Å². The fourth-order valence-electron chi connectivity index (χ4n) is 3.29. The van der Waals surface area contributed by atoms with Crippen LogP contribution in [0.3, 0.4) is 0 Å². The number of carbonyl (C=O) groups is 1. The lowest BCUT2D eigenvalue weighted by Gasteiger charge is -2.15. The average molecular weight is 418 g/mol. The molecule has 0 atom stereocenters. The lowest BCUT2D eigenvalue weighted by molar-refractivity contribution is 0.102. The number of hydrogen-bond donors (Lipinski definition) is 1. The molecule has 0 radical (unpaired) electrons. The number of para-hydroxylation sites is 2. The van der Waals surface area contributed by atoms with Gasteiger partial charge in [-0.1, -0.05) is 18.2 Å². The molecule has 0 bridgehead atoms. The Labute approximate surface area is 179 Å². The highest BCUT2D eigenvalue weighted by Gasteiger charge is 2.18. The molecule has 0 aliphatic carbocycles. The predicted molar refractivity (Wildman–Crippen MR) is 118 cm³/mol. The number of nitrogens with zero attached hydrogens (tertiary/aromatic N) is 1. The number of aromatic nitrogens is 1. The molecule has 0 saturated heterocycles. The highest BCUT2D eigenvalue weighted by atomic mass is 16.5. The first kappa shape index (κ1) is 20.3. The van der Waals surface area contributed by atoms with Crippen molar-refractivity contribution in [2.75, 3.05) is 26.6 Å². The Morgan fingerprint density at radius 2 is 1.65 bits per heavy atom. The lowest BCUT2D eigenvalue weighted by Crippen LogP contribution is -2.13. The van der Waals surface area contributed by atoms with E-state index in [9.17, 15) is 4.79 Å². The van der Waals surface area contributed by atoms with E-state index in [2.05, 4.69) is 10.3 Å². The maximum Gasteiger partial charge on any atom is 0.255 e. The molecule has 4 rings (SSSR count). The van der Waals surface area contributed by atoms with Crippen LogP contribution in [0.1, 0.15) is 15.9 Å². The van der Waals surface area contributed by atoms with Gasteiger partial charge in [-0.3, -0.25) is 4.79 Å². The van der Waals surface area contributed by atoms with E-state index >= 15 is 0 Å². The number of methoxy groups -OCH3 is 3. The van der Waals surface area contributed by atoms with Crippen LogP contribution in [-0.2, 0) is 0 Å². The van der Waals surface area contributed by atoms with Crippen LogP contribution in [0.25, 0.3) is 22.6 Å². The van der Waals surface area contributed by atoms with Gasteiger partial charge in [0, 0.05) is 16.8 Å². The van der Waals surface area contributed by atoms with Crippen LogP contribution in [-0.4, -0.2) is 32.2 Å². The SMILES string of the molecule is COc1cc(C(=O)Nc2cc(-c3nc4ccccc4o3)ccc2C)cc(OC)c1OC. The number of benzene rings is 3. The van der Waals surface area contributed by atoms with Gasteiger partial charge in [0.25, 0.3) is 5.91 Å². The van der Waals surface area contributed by atoms with Crippen molar-refractivity contribution in [1.82, 2.24) is 4.98 Å². The molecule has 0 aliphatic rings. The monoisotopic (exact) mass is 418 g/mol. The number of oxazole rings is 1. The van der Waals surface area contributed by atoms with Gasteiger partial charge in [0.2, 0.25) is 11.6 Å². The number of amides is 1. The molecule has 1 amide bonds. The first-order valence-corrected chi connectivity index (χ1v) is 9.62. The third kappa shape index (κ3) is 3.90. The highest BCUT2D eigenvalue weighted by Crippen LogP contribution is 2.38. The zero-order chi connectivity index (χ0) is 22.0. The van der Waals surface area contributed by atoms with Crippen LogP contribution in [0.5, 0.6) is 17.2 Å². The second-order valence-electron chi connectivity index (χ2n) is 6.88. The van der Waals surface area contributed by atoms with Crippen molar-refractivity contribution in [2.24, 2.45) is 0 Å². The molecule has 31 heavy (non-hydrogen) atoms. The molecule has 0 saturated carbocycles. The van der Waals surface area contributed by atoms with Crippen molar-refractivity contribution in [2.45, 2.75) is 6.92 Å². The number of carbonyl (C=O) groups excluding carboxylic acids is 1. The summed E-state index contributed by atoms with van der Waals surface area (Å²) in [5.41, 5.74) is 4.18. The number of hydrogen-bond acceptors (Lipinski definition) is 6. The van der Waals surface area contributed by atoms with E-state index in [-0.39, 0.29) is 5.91 Å². The minimum atomic E-state index is -0.308. The summed E-state index contributed by atoms with van der Waals surface area (Å²) in [6.45, 7) is 1.92. The standard InChI is InChI=1S/C24H22N2O5/c1-14-9-10-15(24-26-17-7-5-6-8-19(17)31-24)11-18(14)25-23(27)16-12-20(28-2)22(30-4)21(13-16)29-3/h5-13H,1-4H3,(H,25,27). The summed E-state index contributed by atoms with van der Waals surface area (Å²) in [4.78, 5) is 17.5. The molecule has 158 valence electrons. The molecule has 1 aromatic heterocycles. The minimum absolute atomic E-state index is 0.308. The Morgan fingerprint density at radius 3 is 2.29 bits per heavy atom. The number of ether oxygens (including phenoxy) is 3. The summed E-state index contributed by atoms with van der Waals surface area (Å²) in [7, 11) is 4.53. The van der Waals surface area contributed by atoms with E-state index in [4.69, 9.17) is 18.6 Å². The van der Waals surface area contributed by atoms with E-state index in [0.29, 0.717) is 40.0 Å². The number of rotatable bonds is 6. The number of nitrogens with one attached hydrogen (secondary N) is 1. The molecule has 0 spiro atoms. The third-order valence-corrected chi connectivity index (χ3v) is 4.95. The molecular formula is C24H22N2O5. The summed E-state index contributed by atoms with van der Waals surface area (Å²) in [5.74, 6) is 1.42. The molecule has 7 nitrogen and oxygen atoms in total. The fraction of sp³-hybridized carbons (Fsp3) is 0.167. The summed E-state index contributed by atoms with van der Waals surface area (Å²) >= 11 is 0. The van der Waals surface area contributed by atoms with Crippen LogP contribution in [0.4, 0.5) is 5.69 Å². The predicted octanol–water partition coefficient (Wildman–Crippen LogP) is 5.08. The molecule has 3 aromatic carbocycles. The van der Waals surface area contributed by atoms with Crippen LogP contribution >= 0.6 is 0 Å². The zero-order valence-corrected chi connectivity index (χ0v) is 17.7. The molecule has 0 unspecified atom stereocenters. The third-order valence-electron chi connectivity index (χ3n) is 4.95. The average Bonchev–Trinajstić information content (AvgIpc) is 3.23. The molecule has 0 aliphatic heterocycles. The van der Waals surface area contributed by atoms with Crippen molar-refractivity contribution in [3.63, 3.8) is 0 Å². The quantitative estimate of drug-likeness (QED) is 0.470. The summed E-state index contributed by atoms with van der Waals surface area (Å²) in [6.07, 6.45) is 0. The second kappa shape index (κ2) is 8.39. The van der Waals surface area contributed by atoms with Crippen LogP contribution in [0, 0.1) is 6.92 Å². The zero-order valence-electron chi connectivity index (χ0n) is 17.7. The minimum Gasteiger partial charge on any atom is -0.493 e. The van der Waals surface area contributed by atoms with Crippen LogP contribution < -0.4 is 19.5 Å². The van der Waals surface area contributed by atoms with Gasteiger partial charge < -0.3 is 23.9 Å². The van der Waals surface area contributed by atoms with E-state index < -0.39 is 0 Å². The molecule has 0 fully saturated rings. The van der Waals surface area contributed by atoms with Crippen molar-refractivity contribution in [1.29, 1.82) is 0 Å².